The van der Waals surface area contributed by atoms with Crippen molar-refractivity contribution in [3.63, 3.8) is 0 Å². The lowest BCUT2D eigenvalue weighted by atomic mass is 10.2. The van der Waals surface area contributed by atoms with E-state index >= 15 is 0 Å². The number of halogens is 2. The molecule has 0 unspecified atom stereocenters. The van der Waals surface area contributed by atoms with Gasteiger partial charge < -0.3 is 4.42 Å². The Labute approximate surface area is 176 Å². The molecule has 28 heavy (non-hydrogen) atoms. The van der Waals surface area contributed by atoms with E-state index in [9.17, 15) is 0 Å². The number of thioether (sulfide) groups is 1. The van der Waals surface area contributed by atoms with Crippen molar-refractivity contribution in [2.24, 2.45) is 0 Å². The van der Waals surface area contributed by atoms with Gasteiger partial charge in [-0.25, -0.2) is 0 Å². The molecule has 0 radical (unpaired) electrons. The molecule has 0 atom stereocenters. The summed E-state index contributed by atoms with van der Waals surface area (Å²) in [5.41, 5.74) is 1.82. The molecule has 3 heterocycles. The van der Waals surface area contributed by atoms with E-state index < -0.39 is 0 Å². The molecule has 5 nitrogen and oxygen atoms in total. The van der Waals surface area contributed by atoms with Crippen LogP contribution in [0.4, 0.5) is 0 Å². The largest absolute Gasteiger partial charge is 0.464 e. The maximum Gasteiger partial charge on any atom is 0.192 e. The zero-order valence-corrected chi connectivity index (χ0v) is 17.3. The fourth-order valence-corrected chi connectivity index (χ4v) is 3.93. The Hall–Kier alpha value is -2.28. The Balaban J connectivity index is 1.64. The first-order chi connectivity index (χ1) is 13.6. The molecule has 0 aliphatic rings. The predicted octanol–water partition coefficient (Wildman–Crippen LogP) is 5.89. The molecule has 0 saturated heterocycles. The van der Waals surface area contributed by atoms with Crippen LogP contribution in [0.15, 0.2) is 64.3 Å². The highest BCUT2D eigenvalue weighted by Gasteiger charge is 2.17. The third kappa shape index (κ3) is 4.24. The molecule has 142 valence electrons. The lowest BCUT2D eigenvalue weighted by molar-refractivity contribution is 0.463. The number of nitrogens with zero attached hydrogens (tertiary/aromatic N) is 4. The second kappa shape index (κ2) is 8.39. The number of furan rings is 1. The van der Waals surface area contributed by atoms with E-state index in [1.807, 2.05) is 54.0 Å². The first-order valence-electron chi connectivity index (χ1n) is 8.57. The van der Waals surface area contributed by atoms with Crippen LogP contribution >= 0.6 is 35.0 Å². The van der Waals surface area contributed by atoms with E-state index in [0.29, 0.717) is 28.2 Å². The number of hydrogen-bond acceptors (Lipinski definition) is 5. The molecule has 1 aromatic carbocycles. The Bertz CT molecular complexity index is 1090. The summed E-state index contributed by atoms with van der Waals surface area (Å²) in [6, 6.07) is 15.3. The highest BCUT2D eigenvalue weighted by atomic mass is 35.5. The van der Waals surface area contributed by atoms with E-state index in [2.05, 4.69) is 15.2 Å². The minimum Gasteiger partial charge on any atom is -0.464 e. The van der Waals surface area contributed by atoms with Gasteiger partial charge in [-0.05, 0) is 48.9 Å². The summed E-state index contributed by atoms with van der Waals surface area (Å²) in [6.45, 7) is 2.45. The Morgan fingerprint density at radius 2 is 1.93 bits per heavy atom. The first-order valence-corrected chi connectivity index (χ1v) is 10.3. The van der Waals surface area contributed by atoms with Crippen LogP contribution in [0.3, 0.4) is 0 Å². The molecule has 0 N–H and O–H groups in total. The molecule has 3 aromatic heterocycles. The minimum atomic E-state index is 0.524. The zero-order chi connectivity index (χ0) is 19.5. The average molecular weight is 431 g/mol. The Morgan fingerprint density at radius 3 is 2.64 bits per heavy atom. The van der Waals surface area contributed by atoms with Gasteiger partial charge in [0.25, 0.3) is 0 Å². The van der Waals surface area contributed by atoms with Gasteiger partial charge in [-0.2, -0.15) is 0 Å². The number of rotatable bonds is 6. The van der Waals surface area contributed by atoms with Gasteiger partial charge in [0.15, 0.2) is 11.0 Å². The van der Waals surface area contributed by atoms with Crippen LogP contribution in [0.1, 0.15) is 17.1 Å². The molecule has 0 spiro atoms. The summed E-state index contributed by atoms with van der Waals surface area (Å²) in [5.74, 6) is 3.10. The van der Waals surface area contributed by atoms with Gasteiger partial charge >= 0.3 is 0 Å². The molecule has 0 aliphatic heterocycles. The van der Waals surface area contributed by atoms with Crippen molar-refractivity contribution in [3.05, 3.63) is 81.9 Å². The number of pyridine rings is 1. The van der Waals surface area contributed by atoms with Gasteiger partial charge in [0.2, 0.25) is 0 Å². The minimum absolute atomic E-state index is 0.524. The molecule has 0 saturated carbocycles. The number of aryl methyl sites for hydroxylation is 1. The van der Waals surface area contributed by atoms with Gasteiger partial charge in [-0.1, -0.05) is 47.1 Å². The normalized spacial score (nSPS) is 11.1. The van der Waals surface area contributed by atoms with Crippen LogP contribution in [0, 0.1) is 6.92 Å². The lowest BCUT2D eigenvalue weighted by Gasteiger charge is -2.09. The van der Waals surface area contributed by atoms with Crippen LogP contribution < -0.4 is 0 Å². The standard InChI is InChI=1S/C20H16Cl2N4OS/c1-13-5-7-15(27-13)11-26-19(18-4-2-3-9-23-18)24-25-20(26)28-12-14-6-8-16(21)17(22)10-14/h2-10H,11-12H2,1H3. The summed E-state index contributed by atoms with van der Waals surface area (Å²) < 4.78 is 7.77. The summed E-state index contributed by atoms with van der Waals surface area (Å²) >= 11 is 13.7. The molecule has 0 fully saturated rings. The smallest absolute Gasteiger partial charge is 0.192 e. The van der Waals surface area contributed by atoms with Crippen molar-refractivity contribution in [1.29, 1.82) is 0 Å². The molecule has 4 aromatic rings. The predicted molar refractivity (Wildman–Crippen MR) is 112 cm³/mol. The van der Waals surface area contributed by atoms with Gasteiger partial charge in [0.05, 0.1) is 16.6 Å². The number of hydrogen-bond donors (Lipinski definition) is 0. The van der Waals surface area contributed by atoms with Crippen molar-refractivity contribution < 1.29 is 4.42 Å². The maximum atomic E-state index is 6.13. The van der Waals surface area contributed by atoms with Crippen LogP contribution in [-0.4, -0.2) is 19.7 Å². The molecule has 8 heteroatoms. The monoisotopic (exact) mass is 430 g/mol. The molecule has 4 rings (SSSR count). The average Bonchev–Trinajstić information content (AvgIpc) is 3.30. The van der Waals surface area contributed by atoms with Crippen LogP contribution in [-0.2, 0) is 12.3 Å². The number of benzene rings is 1. The molecule has 0 aliphatic carbocycles. The topological polar surface area (TPSA) is 56.7 Å². The summed E-state index contributed by atoms with van der Waals surface area (Å²) in [6.07, 6.45) is 1.74. The Morgan fingerprint density at radius 1 is 1.04 bits per heavy atom. The summed E-state index contributed by atoms with van der Waals surface area (Å²) in [7, 11) is 0. The highest BCUT2D eigenvalue weighted by Crippen LogP contribution is 2.29. The lowest BCUT2D eigenvalue weighted by Crippen LogP contribution is -2.04. The van der Waals surface area contributed by atoms with Crippen molar-refractivity contribution in [3.8, 4) is 11.5 Å². The van der Waals surface area contributed by atoms with E-state index in [4.69, 9.17) is 27.6 Å². The molecule has 0 amide bonds. The first kappa shape index (κ1) is 19.1. The van der Waals surface area contributed by atoms with Crippen molar-refractivity contribution >= 4 is 35.0 Å². The number of aromatic nitrogens is 4. The van der Waals surface area contributed by atoms with E-state index in [-0.39, 0.29) is 0 Å². The van der Waals surface area contributed by atoms with Crippen molar-refractivity contribution in [2.45, 2.75) is 24.4 Å². The quantitative estimate of drug-likeness (QED) is 0.357. The van der Waals surface area contributed by atoms with Gasteiger partial charge in [-0.15, -0.1) is 10.2 Å². The second-order valence-electron chi connectivity index (χ2n) is 6.16. The van der Waals surface area contributed by atoms with Crippen molar-refractivity contribution in [1.82, 2.24) is 19.7 Å². The van der Waals surface area contributed by atoms with E-state index in [0.717, 1.165) is 27.9 Å². The fourth-order valence-electron chi connectivity index (χ4n) is 2.73. The molecular formula is C20H16Cl2N4OS. The third-order valence-corrected chi connectivity index (χ3v) is 5.85. The maximum absolute atomic E-state index is 6.13. The van der Waals surface area contributed by atoms with E-state index in [1.165, 1.54) is 0 Å². The van der Waals surface area contributed by atoms with Gasteiger partial charge in [0, 0.05) is 11.9 Å². The van der Waals surface area contributed by atoms with Crippen molar-refractivity contribution in [2.75, 3.05) is 0 Å². The molecule has 0 bridgehead atoms. The summed E-state index contributed by atoms with van der Waals surface area (Å²) in [4.78, 5) is 4.41. The van der Waals surface area contributed by atoms with Crippen LogP contribution in [0.2, 0.25) is 10.0 Å². The zero-order valence-electron chi connectivity index (χ0n) is 15.0. The highest BCUT2D eigenvalue weighted by molar-refractivity contribution is 7.98. The SMILES string of the molecule is Cc1ccc(Cn2c(SCc3ccc(Cl)c(Cl)c3)nnc2-c2ccccn2)o1. The van der Waals surface area contributed by atoms with E-state index in [1.54, 1.807) is 24.0 Å². The third-order valence-electron chi connectivity index (χ3n) is 4.07. The second-order valence-corrected chi connectivity index (χ2v) is 7.91. The molecular weight excluding hydrogens is 415 g/mol. The van der Waals surface area contributed by atoms with Gasteiger partial charge in [0.1, 0.15) is 17.2 Å². The fraction of sp³-hybridized carbons (Fsp3) is 0.150. The van der Waals surface area contributed by atoms with Crippen LogP contribution in [0.25, 0.3) is 11.5 Å². The van der Waals surface area contributed by atoms with Gasteiger partial charge in [-0.3, -0.25) is 9.55 Å². The van der Waals surface area contributed by atoms with Crippen LogP contribution in [0.5, 0.6) is 0 Å². The summed E-state index contributed by atoms with van der Waals surface area (Å²) in [5, 5.41) is 10.6. The Kier molecular flexibility index (Phi) is 5.71.